The van der Waals surface area contributed by atoms with E-state index in [2.05, 4.69) is 27.7 Å². The van der Waals surface area contributed by atoms with Crippen LogP contribution in [0.4, 0.5) is 0 Å². The van der Waals surface area contributed by atoms with Crippen LogP contribution < -0.4 is 0 Å². The topological polar surface area (TPSA) is 55.1 Å². The summed E-state index contributed by atoms with van der Waals surface area (Å²) in [6.07, 6.45) is 3.51. The maximum absolute atomic E-state index is 11.0. The van der Waals surface area contributed by atoms with Gasteiger partial charge in [0.25, 0.3) is 0 Å². The van der Waals surface area contributed by atoms with Crippen LogP contribution in [0.1, 0.15) is 15.9 Å². The van der Waals surface area contributed by atoms with Crippen molar-refractivity contribution in [1.29, 1.82) is 0 Å². The van der Waals surface area contributed by atoms with Gasteiger partial charge >= 0.3 is 5.97 Å². The number of carboxylic acid groups (broad SMARTS) is 1. The van der Waals surface area contributed by atoms with Crippen LogP contribution in [-0.4, -0.2) is 20.9 Å². The molecule has 1 N–H and O–H groups in total. The highest BCUT2D eigenvalue weighted by Gasteiger charge is 2.13. The molecule has 0 atom stereocenters. The SMILES string of the molecule is Cc1cc(-n2cc(I)cn2)cc(C(=O)O)c1Cl. The Kier molecular flexibility index (Phi) is 3.39. The smallest absolute Gasteiger partial charge is 0.337 e. The van der Waals surface area contributed by atoms with Gasteiger partial charge in [0.2, 0.25) is 0 Å². The molecule has 4 nitrogen and oxygen atoms in total. The van der Waals surface area contributed by atoms with Gasteiger partial charge in [0.15, 0.2) is 0 Å². The molecule has 17 heavy (non-hydrogen) atoms. The van der Waals surface area contributed by atoms with Gasteiger partial charge in [0.1, 0.15) is 0 Å². The quantitative estimate of drug-likeness (QED) is 0.835. The van der Waals surface area contributed by atoms with E-state index in [-0.39, 0.29) is 10.6 Å². The Balaban J connectivity index is 2.60. The van der Waals surface area contributed by atoms with Crippen molar-refractivity contribution in [1.82, 2.24) is 9.78 Å². The van der Waals surface area contributed by atoms with Gasteiger partial charge in [-0.15, -0.1) is 0 Å². The lowest BCUT2D eigenvalue weighted by molar-refractivity contribution is 0.0697. The first-order valence-corrected chi connectivity index (χ1v) is 6.18. The van der Waals surface area contributed by atoms with Gasteiger partial charge in [-0.05, 0) is 47.2 Å². The monoisotopic (exact) mass is 362 g/mol. The second kappa shape index (κ2) is 4.66. The van der Waals surface area contributed by atoms with E-state index in [1.165, 1.54) is 6.07 Å². The Hall–Kier alpha value is -1.08. The summed E-state index contributed by atoms with van der Waals surface area (Å²) in [5.41, 5.74) is 1.49. The third-order valence-corrected chi connectivity index (χ3v) is 3.34. The molecule has 0 unspecified atom stereocenters. The minimum absolute atomic E-state index is 0.0900. The van der Waals surface area contributed by atoms with Crippen LogP contribution in [0.2, 0.25) is 5.02 Å². The number of carbonyl (C=O) groups is 1. The summed E-state index contributed by atoms with van der Waals surface area (Å²) in [7, 11) is 0. The molecule has 1 aromatic carbocycles. The summed E-state index contributed by atoms with van der Waals surface area (Å²) in [6, 6.07) is 3.32. The highest BCUT2D eigenvalue weighted by molar-refractivity contribution is 14.1. The molecule has 0 aliphatic carbocycles. The summed E-state index contributed by atoms with van der Waals surface area (Å²) in [4.78, 5) is 11.0. The molecular formula is C11H8ClIN2O2. The fourth-order valence-corrected chi connectivity index (χ4v) is 2.06. The van der Waals surface area contributed by atoms with Crippen LogP contribution in [0.3, 0.4) is 0 Å². The average molecular weight is 363 g/mol. The molecular weight excluding hydrogens is 354 g/mol. The van der Waals surface area contributed by atoms with Crippen molar-refractivity contribution in [3.63, 3.8) is 0 Å². The second-order valence-electron chi connectivity index (χ2n) is 3.53. The van der Waals surface area contributed by atoms with Crippen LogP contribution in [-0.2, 0) is 0 Å². The van der Waals surface area contributed by atoms with Crippen LogP contribution in [0, 0.1) is 10.5 Å². The molecule has 0 saturated carbocycles. The predicted molar refractivity (Wildman–Crippen MR) is 73.0 cm³/mol. The molecule has 0 saturated heterocycles. The molecule has 2 aromatic rings. The number of rotatable bonds is 2. The molecule has 88 valence electrons. The van der Waals surface area contributed by atoms with Crippen molar-refractivity contribution in [2.24, 2.45) is 0 Å². The zero-order valence-corrected chi connectivity index (χ0v) is 11.7. The van der Waals surface area contributed by atoms with Gasteiger partial charge in [0, 0.05) is 6.20 Å². The lowest BCUT2D eigenvalue weighted by atomic mass is 10.1. The minimum Gasteiger partial charge on any atom is -0.478 e. The predicted octanol–water partition coefficient (Wildman–Crippen LogP) is 3.14. The van der Waals surface area contributed by atoms with Crippen LogP contribution in [0.25, 0.3) is 5.69 Å². The molecule has 0 fully saturated rings. The second-order valence-corrected chi connectivity index (χ2v) is 5.16. The zero-order chi connectivity index (χ0) is 12.6. The Labute approximate surface area is 116 Å². The molecule has 2 rings (SSSR count). The van der Waals surface area contributed by atoms with E-state index in [0.29, 0.717) is 11.3 Å². The van der Waals surface area contributed by atoms with Crippen molar-refractivity contribution < 1.29 is 9.90 Å². The Morgan fingerprint density at radius 2 is 2.24 bits per heavy atom. The highest BCUT2D eigenvalue weighted by Crippen LogP contribution is 2.24. The highest BCUT2D eigenvalue weighted by atomic mass is 127. The molecule has 1 aromatic heterocycles. The number of nitrogens with zero attached hydrogens (tertiary/aromatic N) is 2. The maximum Gasteiger partial charge on any atom is 0.337 e. The largest absolute Gasteiger partial charge is 0.478 e. The normalized spacial score (nSPS) is 10.5. The molecule has 6 heteroatoms. The van der Waals surface area contributed by atoms with Crippen molar-refractivity contribution in [3.8, 4) is 5.69 Å². The molecule has 0 aliphatic heterocycles. The summed E-state index contributed by atoms with van der Waals surface area (Å²) >= 11 is 8.08. The fourth-order valence-electron chi connectivity index (χ4n) is 1.48. The van der Waals surface area contributed by atoms with E-state index >= 15 is 0 Å². The molecule has 0 amide bonds. The molecule has 0 radical (unpaired) electrons. The van der Waals surface area contributed by atoms with Crippen molar-refractivity contribution in [2.75, 3.05) is 0 Å². The zero-order valence-electron chi connectivity index (χ0n) is 8.82. The summed E-state index contributed by atoms with van der Waals surface area (Å²) in [5.74, 6) is -1.04. The number of aryl methyl sites for hydroxylation is 1. The average Bonchev–Trinajstić information content (AvgIpc) is 2.68. The number of halogens is 2. The first-order valence-electron chi connectivity index (χ1n) is 4.73. The summed E-state index contributed by atoms with van der Waals surface area (Å²) in [5, 5.41) is 13.4. The fraction of sp³-hybridized carbons (Fsp3) is 0.0909. The maximum atomic E-state index is 11.0. The van der Waals surface area contributed by atoms with Gasteiger partial charge in [-0.1, -0.05) is 11.6 Å². The number of carboxylic acids is 1. The lowest BCUT2D eigenvalue weighted by Crippen LogP contribution is -2.03. The van der Waals surface area contributed by atoms with E-state index in [1.807, 2.05) is 6.20 Å². The number of hydrogen-bond acceptors (Lipinski definition) is 2. The lowest BCUT2D eigenvalue weighted by Gasteiger charge is -2.07. The van der Waals surface area contributed by atoms with Gasteiger partial charge in [-0.3, -0.25) is 0 Å². The van der Waals surface area contributed by atoms with Gasteiger partial charge in [-0.2, -0.15) is 5.10 Å². The van der Waals surface area contributed by atoms with Crippen LogP contribution >= 0.6 is 34.2 Å². The van der Waals surface area contributed by atoms with Gasteiger partial charge in [-0.25, -0.2) is 9.48 Å². The summed E-state index contributed by atoms with van der Waals surface area (Å²) in [6.45, 7) is 1.77. The molecule has 0 spiro atoms. The Morgan fingerprint density at radius 3 is 2.76 bits per heavy atom. The first-order chi connectivity index (χ1) is 7.99. The molecule has 1 heterocycles. The molecule has 0 bridgehead atoms. The van der Waals surface area contributed by atoms with E-state index in [9.17, 15) is 4.79 Å². The number of aromatic nitrogens is 2. The van der Waals surface area contributed by atoms with Crippen molar-refractivity contribution >= 4 is 40.2 Å². The first kappa shape index (κ1) is 12.4. The summed E-state index contributed by atoms with van der Waals surface area (Å²) < 4.78 is 2.60. The van der Waals surface area contributed by atoms with Gasteiger partial charge in [0.05, 0.1) is 26.0 Å². The van der Waals surface area contributed by atoms with E-state index < -0.39 is 5.97 Å². The number of aromatic carboxylic acids is 1. The Morgan fingerprint density at radius 1 is 1.53 bits per heavy atom. The van der Waals surface area contributed by atoms with E-state index in [1.54, 1.807) is 23.9 Å². The third kappa shape index (κ3) is 2.44. The van der Waals surface area contributed by atoms with Crippen molar-refractivity contribution in [2.45, 2.75) is 6.92 Å². The van der Waals surface area contributed by atoms with Crippen molar-refractivity contribution in [3.05, 3.63) is 44.2 Å². The van der Waals surface area contributed by atoms with E-state index in [0.717, 1.165) is 3.57 Å². The Bertz CT molecular complexity index is 595. The number of benzene rings is 1. The number of hydrogen-bond donors (Lipinski definition) is 1. The third-order valence-electron chi connectivity index (χ3n) is 2.29. The van der Waals surface area contributed by atoms with Crippen LogP contribution in [0.5, 0.6) is 0 Å². The van der Waals surface area contributed by atoms with Crippen LogP contribution in [0.15, 0.2) is 24.5 Å². The molecule has 0 aliphatic rings. The van der Waals surface area contributed by atoms with Gasteiger partial charge < -0.3 is 5.11 Å². The standard InChI is InChI=1S/C11H8ClIN2O2/c1-6-2-8(15-5-7(13)4-14-15)3-9(10(6)12)11(16)17/h2-5H,1H3,(H,16,17). The van der Waals surface area contributed by atoms with E-state index in [4.69, 9.17) is 16.7 Å². The minimum atomic E-state index is -1.04.